The third kappa shape index (κ3) is 3.12. The van der Waals surface area contributed by atoms with Crippen molar-refractivity contribution in [2.45, 2.75) is 31.7 Å². The molecule has 0 saturated carbocycles. The molecule has 0 bridgehead atoms. The lowest BCUT2D eigenvalue weighted by atomic mass is 10.2. The van der Waals surface area contributed by atoms with Crippen LogP contribution < -0.4 is 5.73 Å². The number of thiophene rings is 1. The van der Waals surface area contributed by atoms with Crippen molar-refractivity contribution in [2.24, 2.45) is 0 Å². The quantitative estimate of drug-likeness (QED) is 0.877. The molecule has 0 fully saturated rings. The average molecular weight is 324 g/mol. The molecular formula is C15H20N2O2S2. The van der Waals surface area contributed by atoms with Crippen LogP contribution in [0.25, 0.3) is 0 Å². The molecule has 114 valence electrons. The maximum Gasteiger partial charge on any atom is 0.245 e. The Kier molecular flexibility index (Phi) is 4.41. The Morgan fingerprint density at radius 3 is 2.38 bits per heavy atom. The van der Waals surface area contributed by atoms with Crippen LogP contribution in [-0.2, 0) is 10.0 Å². The molecule has 4 nitrogen and oxygen atoms in total. The van der Waals surface area contributed by atoms with Crippen LogP contribution in [0, 0.1) is 13.8 Å². The van der Waals surface area contributed by atoms with Gasteiger partial charge in [0, 0.05) is 16.8 Å². The smallest absolute Gasteiger partial charge is 0.245 e. The number of nitrogen functional groups attached to an aromatic ring is 1. The van der Waals surface area contributed by atoms with Crippen molar-refractivity contribution < 1.29 is 8.42 Å². The summed E-state index contributed by atoms with van der Waals surface area (Å²) in [7, 11) is -2.02. The fourth-order valence-electron chi connectivity index (χ4n) is 2.12. The molecular weight excluding hydrogens is 304 g/mol. The van der Waals surface area contributed by atoms with Gasteiger partial charge in [0.1, 0.15) is 4.90 Å². The van der Waals surface area contributed by atoms with Crippen LogP contribution in [0.15, 0.2) is 35.2 Å². The maximum atomic E-state index is 12.7. The predicted octanol–water partition coefficient (Wildman–Crippen LogP) is 3.33. The SMILES string of the molecule is Cc1ccc(S(=O)(=O)N(C)C(C)c2ccc(C)s2)c(N)c1. The summed E-state index contributed by atoms with van der Waals surface area (Å²) in [4.78, 5) is 2.34. The zero-order chi connectivity index (χ0) is 15.8. The monoisotopic (exact) mass is 324 g/mol. The van der Waals surface area contributed by atoms with Gasteiger partial charge in [0.15, 0.2) is 0 Å². The van der Waals surface area contributed by atoms with Gasteiger partial charge in [0.2, 0.25) is 10.0 Å². The van der Waals surface area contributed by atoms with Gasteiger partial charge in [-0.25, -0.2) is 8.42 Å². The minimum absolute atomic E-state index is 0.163. The van der Waals surface area contributed by atoms with Crippen molar-refractivity contribution in [1.29, 1.82) is 0 Å². The summed E-state index contributed by atoms with van der Waals surface area (Å²) in [5.74, 6) is 0. The molecule has 1 unspecified atom stereocenters. The Bertz CT molecular complexity index is 751. The van der Waals surface area contributed by atoms with Crippen molar-refractivity contribution in [3.05, 3.63) is 45.6 Å². The van der Waals surface area contributed by atoms with E-state index < -0.39 is 10.0 Å². The van der Waals surface area contributed by atoms with Crippen molar-refractivity contribution in [3.8, 4) is 0 Å². The first-order valence-corrected chi connectivity index (χ1v) is 8.89. The number of nitrogens with two attached hydrogens (primary N) is 1. The van der Waals surface area contributed by atoms with Crippen LogP contribution in [0.2, 0.25) is 0 Å². The van der Waals surface area contributed by atoms with Gasteiger partial charge in [-0.3, -0.25) is 0 Å². The van der Waals surface area contributed by atoms with E-state index in [9.17, 15) is 8.42 Å². The minimum Gasteiger partial charge on any atom is -0.398 e. The molecule has 1 aromatic heterocycles. The van der Waals surface area contributed by atoms with E-state index in [2.05, 4.69) is 0 Å². The normalized spacial score (nSPS) is 13.6. The van der Waals surface area contributed by atoms with Crippen LogP contribution in [-0.4, -0.2) is 19.8 Å². The van der Waals surface area contributed by atoms with Crippen molar-refractivity contribution >= 4 is 27.0 Å². The summed E-state index contributed by atoms with van der Waals surface area (Å²) in [6.45, 7) is 5.77. The summed E-state index contributed by atoms with van der Waals surface area (Å²) in [5, 5.41) is 0. The topological polar surface area (TPSA) is 63.4 Å². The van der Waals surface area contributed by atoms with Gasteiger partial charge in [-0.05, 0) is 50.6 Å². The third-order valence-electron chi connectivity index (χ3n) is 3.54. The number of benzene rings is 1. The Hall–Kier alpha value is -1.37. The number of nitrogens with zero attached hydrogens (tertiary/aromatic N) is 1. The summed E-state index contributed by atoms with van der Waals surface area (Å²) in [6.07, 6.45) is 0. The van der Waals surface area contributed by atoms with Gasteiger partial charge in [-0.1, -0.05) is 6.07 Å². The molecule has 0 aliphatic heterocycles. The molecule has 21 heavy (non-hydrogen) atoms. The van der Waals surface area contributed by atoms with E-state index in [0.29, 0.717) is 0 Å². The molecule has 0 radical (unpaired) electrons. The molecule has 0 aliphatic carbocycles. The molecule has 1 atom stereocenters. The van der Waals surface area contributed by atoms with Gasteiger partial charge in [0.05, 0.1) is 11.7 Å². The van der Waals surface area contributed by atoms with Crippen molar-refractivity contribution in [3.63, 3.8) is 0 Å². The molecule has 0 spiro atoms. The first-order chi connectivity index (χ1) is 9.73. The Labute approximate surface area is 130 Å². The Morgan fingerprint density at radius 2 is 1.86 bits per heavy atom. The zero-order valence-electron chi connectivity index (χ0n) is 12.6. The van der Waals surface area contributed by atoms with Crippen molar-refractivity contribution in [2.75, 3.05) is 12.8 Å². The largest absolute Gasteiger partial charge is 0.398 e. The van der Waals surface area contributed by atoms with Gasteiger partial charge in [0.25, 0.3) is 0 Å². The van der Waals surface area contributed by atoms with Crippen LogP contribution >= 0.6 is 11.3 Å². The highest BCUT2D eigenvalue weighted by atomic mass is 32.2. The number of hydrogen-bond donors (Lipinski definition) is 1. The van der Waals surface area contributed by atoms with E-state index in [4.69, 9.17) is 5.73 Å². The predicted molar refractivity (Wildman–Crippen MR) is 88.0 cm³/mol. The maximum absolute atomic E-state index is 12.7. The van der Waals surface area contributed by atoms with Crippen LogP contribution in [0.4, 0.5) is 5.69 Å². The molecule has 2 N–H and O–H groups in total. The number of rotatable bonds is 4. The highest BCUT2D eigenvalue weighted by Gasteiger charge is 2.28. The number of aryl methyl sites for hydroxylation is 2. The lowest BCUT2D eigenvalue weighted by molar-refractivity contribution is 0.403. The first kappa shape index (κ1) is 16.0. The second-order valence-electron chi connectivity index (χ2n) is 5.19. The molecule has 0 amide bonds. The van der Waals surface area contributed by atoms with Crippen LogP contribution in [0.5, 0.6) is 0 Å². The molecule has 1 aromatic carbocycles. The highest BCUT2D eigenvalue weighted by molar-refractivity contribution is 7.89. The summed E-state index contributed by atoms with van der Waals surface area (Å²) in [5.41, 5.74) is 7.11. The molecule has 1 heterocycles. The second-order valence-corrected chi connectivity index (χ2v) is 8.47. The fourth-order valence-corrected chi connectivity index (χ4v) is 4.60. The fraction of sp³-hybridized carbons (Fsp3) is 0.333. The Balaban J connectivity index is 2.38. The number of anilines is 1. The standard InChI is InChI=1S/C15H20N2O2S2/c1-10-5-8-15(13(16)9-10)21(18,19)17(4)12(3)14-7-6-11(2)20-14/h5-9,12H,16H2,1-4H3. The van der Waals surface area contributed by atoms with Crippen molar-refractivity contribution in [1.82, 2.24) is 4.31 Å². The molecule has 2 rings (SSSR count). The number of hydrogen-bond acceptors (Lipinski definition) is 4. The van der Waals surface area contributed by atoms with E-state index in [-0.39, 0.29) is 16.6 Å². The van der Waals surface area contributed by atoms with Gasteiger partial charge in [-0.15, -0.1) is 11.3 Å². The van der Waals surface area contributed by atoms with Gasteiger partial charge >= 0.3 is 0 Å². The van der Waals surface area contributed by atoms with E-state index in [1.165, 1.54) is 4.31 Å². The van der Waals surface area contributed by atoms with Gasteiger partial charge in [-0.2, -0.15) is 4.31 Å². The first-order valence-electron chi connectivity index (χ1n) is 6.64. The molecule has 2 aromatic rings. The van der Waals surface area contributed by atoms with Crippen LogP contribution in [0.1, 0.15) is 28.3 Å². The van der Waals surface area contributed by atoms with E-state index in [1.54, 1.807) is 36.6 Å². The molecule has 0 aliphatic rings. The lowest BCUT2D eigenvalue weighted by Gasteiger charge is -2.24. The van der Waals surface area contributed by atoms with Gasteiger partial charge < -0.3 is 5.73 Å². The average Bonchev–Trinajstić information content (AvgIpc) is 2.83. The summed E-state index contributed by atoms with van der Waals surface area (Å²) >= 11 is 1.60. The van der Waals surface area contributed by atoms with E-state index in [0.717, 1.165) is 15.3 Å². The summed E-state index contributed by atoms with van der Waals surface area (Å²) < 4.78 is 26.8. The zero-order valence-corrected chi connectivity index (χ0v) is 14.3. The Morgan fingerprint density at radius 1 is 1.19 bits per heavy atom. The van der Waals surface area contributed by atoms with E-state index in [1.807, 2.05) is 32.9 Å². The van der Waals surface area contributed by atoms with Crippen LogP contribution in [0.3, 0.4) is 0 Å². The van der Waals surface area contributed by atoms with E-state index >= 15 is 0 Å². The number of sulfonamides is 1. The third-order valence-corrected chi connectivity index (χ3v) is 6.71. The molecule has 0 saturated heterocycles. The highest BCUT2D eigenvalue weighted by Crippen LogP contribution is 2.32. The summed E-state index contributed by atoms with van der Waals surface area (Å²) in [6, 6.07) is 8.75. The lowest BCUT2D eigenvalue weighted by Crippen LogP contribution is -2.30. The molecule has 6 heteroatoms. The minimum atomic E-state index is -3.61. The second kappa shape index (κ2) is 5.79.